The molecule has 3 aliphatic rings. The van der Waals surface area contributed by atoms with Crippen molar-refractivity contribution in [2.24, 2.45) is 0 Å². The van der Waals surface area contributed by atoms with E-state index in [-0.39, 0.29) is 0 Å². The van der Waals surface area contributed by atoms with E-state index in [1.165, 1.54) is 0 Å². The maximum absolute atomic E-state index is 11.6. The van der Waals surface area contributed by atoms with Gasteiger partial charge in [0.05, 0.1) is 19.8 Å². The zero-order valence-electron chi connectivity index (χ0n) is 19.7. The van der Waals surface area contributed by atoms with Crippen LogP contribution in [0.15, 0.2) is 0 Å². The average molecular weight is 545 g/mol. The topological polar surface area (TPSA) is 278 Å². The van der Waals surface area contributed by atoms with Gasteiger partial charge in [0.25, 0.3) is 0 Å². The molecule has 3 saturated heterocycles. The molecule has 15 atom stereocenters. The number of aliphatic hydroxyl groups excluding tert-OH is 10. The number of carbonyl (C=O) groups excluding carboxylic acids is 1. The summed E-state index contributed by atoms with van der Waals surface area (Å²) in [5, 5.41) is 103. The summed E-state index contributed by atoms with van der Waals surface area (Å²) < 4.78 is 26.9. The molecule has 1 amide bonds. The monoisotopic (exact) mass is 545 g/mol. The van der Waals surface area contributed by atoms with Gasteiger partial charge in [-0.2, -0.15) is 0 Å². The van der Waals surface area contributed by atoms with Crippen molar-refractivity contribution in [3.63, 3.8) is 0 Å². The summed E-state index contributed by atoms with van der Waals surface area (Å²) in [4.78, 5) is 11.6. The van der Waals surface area contributed by atoms with Crippen molar-refractivity contribution in [3.05, 3.63) is 0 Å². The summed E-state index contributed by atoms with van der Waals surface area (Å²) in [6.07, 6.45) is -23.0. The third kappa shape index (κ3) is 6.55. The molecule has 11 N–H and O–H groups in total. The van der Waals surface area contributed by atoms with Crippen molar-refractivity contribution in [1.82, 2.24) is 5.32 Å². The summed E-state index contributed by atoms with van der Waals surface area (Å²) in [7, 11) is 0. The molecule has 216 valence electrons. The third-order valence-corrected chi connectivity index (χ3v) is 6.47. The normalized spacial score (nSPS) is 49.0. The minimum Gasteiger partial charge on any atom is -0.394 e. The molecule has 0 radical (unpaired) electrons. The molecule has 37 heavy (non-hydrogen) atoms. The highest BCUT2D eigenvalue weighted by atomic mass is 16.7. The number of ether oxygens (including phenoxy) is 5. The number of amides is 1. The summed E-state index contributed by atoms with van der Waals surface area (Å²) in [6, 6.07) is -1.30. The Bertz CT molecular complexity index is 745. The maximum Gasteiger partial charge on any atom is 0.217 e. The predicted molar refractivity (Wildman–Crippen MR) is 113 cm³/mol. The van der Waals surface area contributed by atoms with Gasteiger partial charge in [-0.05, 0) is 0 Å². The van der Waals surface area contributed by atoms with Crippen molar-refractivity contribution in [1.29, 1.82) is 0 Å². The minimum atomic E-state index is -1.88. The molecule has 0 aromatic rings. The van der Waals surface area contributed by atoms with E-state index in [2.05, 4.69) is 5.32 Å². The van der Waals surface area contributed by atoms with Crippen molar-refractivity contribution in [2.75, 3.05) is 19.8 Å². The first-order valence-electron chi connectivity index (χ1n) is 11.6. The van der Waals surface area contributed by atoms with Crippen molar-refractivity contribution in [2.45, 2.75) is 99.0 Å². The van der Waals surface area contributed by atoms with Gasteiger partial charge in [-0.25, -0.2) is 0 Å². The Morgan fingerprint density at radius 2 is 1.30 bits per heavy atom. The average Bonchev–Trinajstić information content (AvgIpc) is 2.86. The fraction of sp³-hybridized carbons (Fsp3) is 0.950. The first-order chi connectivity index (χ1) is 17.4. The third-order valence-electron chi connectivity index (χ3n) is 6.47. The van der Waals surface area contributed by atoms with E-state index in [1.54, 1.807) is 0 Å². The van der Waals surface area contributed by atoms with Crippen molar-refractivity contribution in [3.8, 4) is 0 Å². The number of aliphatic hydroxyl groups is 10. The van der Waals surface area contributed by atoms with E-state index < -0.39 is 118 Å². The molecule has 0 bridgehead atoms. The second-order valence-corrected chi connectivity index (χ2v) is 9.11. The SMILES string of the molecule is CC(=O)N[C@H]1[C@H](OC[C@H]2O[C@@H](O[C@H]3[C@H](O)[C@@H](O)C(O)O[C@@H]3CO)[C@H](O)[C@@H](O)[C@H]2O)O[C@H](CO)[C@@H](O)[C@@H]1O. The van der Waals surface area contributed by atoms with E-state index in [1.807, 2.05) is 0 Å². The Morgan fingerprint density at radius 3 is 1.89 bits per heavy atom. The van der Waals surface area contributed by atoms with Crippen molar-refractivity contribution < 1.29 is 79.5 Å². The second kappa shape index (κ2) is 12.8. The lowest BCUT2D eigenvalue weighted by Gasteiger charge is -2.46. The Morgan fingerprint density at radius 1 is 0.703 bits per heavy atom. The molecule has 17 heteroatoms. The van der Waals surface area contributed by atoms with Gasteiger partial charge in [-0.15, -0.1) is 0 Å². The Hall–Kier alpha value is -1.13. The molecule has 0 spiro atoms. The smallest absolute Gasteiger partial charge is 0.217 e. The summed E-state index contributed by atoms with van der Waals surface area (Å²) in [5.74, 6) is -0.601. The molecule has 0 aliphatic carbocycles. The molecular weight excluding hydrogens is 510 g/mol. The van der Waals surface area contributed by atoms with Gasteiger partial charge < -0.3 is 80.1 Å². The number of carbonyl (C=O) groups is 1. The van der Waals surface area contributed by atoms with Gasteiger partial charge in [-0.1, -0.05) is 0 Å². The van der Waals surface area contributed by atoms with Gasteiger partial charge in [0.1, 0.15) is 73.2 Å². The lowest BCUT2D eigenvalue weighted by atomic mass is 9.96. The summed E-state index contributed by atoms with van der Waals surface area (Å²) in [5.41, 5.74) is 0. The first kappa shape index (κ1) is 30.4. The van der Waals surface area contributed by atoms with Gasteiger partial charge in [0, 0.05) is 6.92 Å². The van der Waals surface area contributed by atoms with Crippen LogP contribution in [0.3, 0.4) is 0 Å². The van der Waals surface area contributed by atoms with Gasteiger partial charge >= 0.3 is 0 Å². The van der Waals surface area contributed by atoms with Crippen LogP contribution < -0.4 is 5.32 Å². The zero-order chi connectivity index (χ0) is 27.6. The van der Waals surface area contributed by atoms with Crippen LogP contribution in [0.4, 0.5) is 0 Å². The molecule has 0 aromatic heterocycles. The number of nitrogens with one attached hydrogen (secondary N) is 1. The number of hydrogen-bond acceptors (Lipinski definition) is 16. The molecule has 1 unspecified atom stereocenters. The van der Waals surface area contributed by atoms with Crippen LogP contribution in [-0.2, 0) is 28.5 Å². The molecule has 3 heterocycles. The minimum absolute atomic E-state index is 0.596. The standard InChI is InChI=1S/C20H35NO16/c1-5(24)21-9-12(27)10(25)6(2-22)35-19(9)33-4-8-11(26)13(28)16(31)20(36-8)37-17-7(3-23)34-18(32)15(30)14(17)29/h6-20,22-23,25-32H,2-4H2,1H3,(H,21,24)/t6-,7-,8-,9-,10-,11+,12-,13+,14-,15-,16-,17-,18?,19-,20+/m1/s1. The molecule has 0 saturated carbocycles. The Labute approximate surface area is 210 Å². The second-order valence-electron chi connectivity index (χ2n) is 9.11. The zero-order valence-corrected chi connectivity index (χ0v) is 19.7. The van der Waals surface area contributed by atoms with E-state index in [4.69, 9.17) is 23.7 Å². The molecule has 3 rings (SSSR count). The van der Waals surface area contributed by atoms with Gasteiger partial charge in [0.15, 0.2) is 18.9 Å². The lowest BCUT2D eigenvalue weighted by molar-refractivity contribution is -0.360. The largest absolute Gasteiger partial charge is 0.394 e. The van der Waals surface area contributed by atoms with Gasteiger partial charge in [0.2, 0.25) is 5.91 Å². The van der Waals surface area contributed by atoms with Crippen LogP contribution in [0, 0.1) is 0 Å². The van der Waals surface area contributed by atoms with Crippen LogP contribution in [0.5, 0.6) is 0 Å². The van der Waals surface area contributed by atoms with E-state index in [9.17, 15) is 55.9 Å². The molecule has 17 nitrogen and oxygen atoms in total. The van der Waals surface area contributed by atoms with Gasteiger partial charge in [-0.3, -0.25) is 4.79 Å². The highest BCUT2D eigenvalue weighted by Gasteiger charge is 2.51. The van der Waals surface area contributed by atoms with E-state index in [0.717, 1.165) is 6.92 Å². The lowest BCUT2D eigenvalue weighted by Crippen LogP contribution is -2.66. The molecule has 3 fully saturated rings. The highest BCUT2D eigenvalue weighted by Crippen LogP contribution is 2.30. The fourth-order valence-electron chi connectivity index (χ4n) is 4.36. The quantitative estimate of drug-likeness (QED) is 0.135. The molecular formula is C20H35NO16. The number of hydrogen-bond donors (Lipinski definition) is 11. The van der Waals surface area contributed by atoms with E-state index >= 15 is 0 Å². The van der Waals surface area contributed by atoms with Crippen LogP contribution in [0.25, 0.3) is 0 Å². The fourth-order valence-corrected chi connectivity index (χ4v) is 4.36. The summed E-state index contributed by atoms with van der Waals surface area (Å²) in [6.45, 7) is -0.926. The Balaban J connectivity index is 1.71. The summed E-state index contributed by atoms with van der Waals surface area (Å²) >= 11 is 0. The van der Waals surface area contributed by atoms with Crippen LogP contribution >= 0.6 is 0 Å². The molecule has 0 aromatic carbocycles. The maximum atomic E-state index is 11.6. The van der Waals surface area contributed by atoms with Crippen LogP contribution in [0.2, 0.25) is 0 Å². The highest BCUT2D eigenvalue weighted by molar-refractivity contribution is 5.73. The van der Waals surface area contributed by atoms with Crippen LogP contribution in [0.1, 0.15) is 6.92 Å². The first-order valence-corrected chi connectivity index (χ1v) is 11.6. The Kier molecular flexibility index (Phi) is 10.5. The predicted octanol–water partition coefficient (Wildman–Crippen LogP) is -7.43. The van der Waals surface area contributed by atoms with Crippen LogP contribution in [-0.4, -0.2) is 169 Å². The number of rotatable bonds is 8. The van der Waals surface area contributed by atoms with Crippen molar-refractivity contribution >= 4 is 5.91 Å². The van der Waals surface area contributed by atoms with E-state index in [0.29, 0.717) is 0 Å². The molecule has 3 aliphatic heterocycles.